The van der Waals surface area contributed by atoms with Crippen LogP contribution in [-0.2, 0) is 7.05 Å². The third-order valence-electron chi connectivity index (χ3n) is 2.91. The Hall–Kier alpha value is -1.19. The molecule has 1 aromatic rings. The van der Waals surface area contributed by atoms with E-state index < -0.39 is 0 Å². The smallest absolute Gasteiger partial charge is 0.174 e. The Bertz CT molecular complexity index is 318. The van der Waals surface area contributed by atoms with Gasteiger partial charge in [-0.05, 0) is 26.2 Å². The van der Waals surface area contributed by atoms with Gasteiger partial charge >= 0.3 is 0 Å². The summed E-state index contributed by atoms with van der Waals surface area (Å²) < 4.78 is 1.78. The van der Waals surface area contributed by atoms with Gasteiger partial charge in [0, 0.05) is 25.8 Å². The highest BCUT2D eigenvalue weighted by Gasteiger charge is 2.22. The molecule has 1 unspecified atom stereocenters. The van der Waals surface area contributed by atoms with Crippen molar-refractivity contribution in [2.75, 3.05) is 17.2 Å². The van der Waals surface area contributed by atoms with Crippen molar-refractivity contribution in [2.24, 2.45) is 7.05 Å². The first-order valence-electron chi connectivity index (χ1n) is 5.24. The highest BCUT2D eigenvalue weighted by Crippen LogP contribution is 2.27. The van der Waals surface area contributed by atoms with Gasteiger partial charge in [0.1, 0.15) is 0 Å². The van der Waals surface area contributed by atoms with Crippen molar-refractivity contribution >= 4 is 11.5 Å². The fourth-order valence-corrected chi connectivity index (χ4v) is 2.13. The Morgan fingerprint density at radius 3 is 2.86 bits per heavy atom. The second kappa shape index (κ2) is 3.52. The SMILES string of the molecule is CC1CCCCN1c1nn(C)cc1N. The van der Waals surface area contributed by atoms with E-state index in [2.05, 4.69) is 16.9 Å². The van der Waals surface area contributed by atoms with Gasteiger partial charge in [0.05, 0.1) is 5.69 Å². The summed E-state index contributed by atoms with van der Waals surface area (Å²) in [6.07, 6.45) is 5.69. The van der Waals surface area contributed by atoms with E-state index in [1.54, 1.807) is 4.68 Å². The molecule has 0 aliphatic carbocycles. The normalized spacial score (nSPS) is 22.7. The maximum atomic E-state index is 5.91. The molecule has 1 atom stereocenters. The van der Waals surface area contributed by atoms with Crippen molar-refractivity contribution in [3.63, 3.8) is 0 Å². The van der Waals surface area contributed by atoms with E-state index in [1.165, 1.54) is 19.3 Å². The second-order valence-corrected chi connectivity index (χ2v) is 4.12. The third-order valence-corrected chi connectivity index (χ3v) is 2.91. The molecule has 0 amide bonds. The van der Waals surface area contributed by atoms with Gasteiger partial charge in [0.15, 0.2) is 5.82 Å². The lowest BCUT2D eigenvalue weighted by Crippen LogP contribution is -2.38. The van der Waals surface area contributed by atoms with Gasteiger partial charge in [0.2, 0.25) is 0 Å². The van der Waals surface area contributed by atoms with Crippen molar-refractivity contribution in [2.45, 2.75) is 32.2 Å². The van der Waals surface area contributed by atoms with Crippen LogP contribution in [0.3, 0.4) is 0 Å². The lowest BCUT2D eigenvalue weighted by molar-refractivity contribution is 0.479. The van der Waals surface area contributed by atoms with Gasteiger partial charge in [-0.3, -0.25) is 4.68 Å². The van der Waals surface area contributed by atoms with Crippen LogP contribution in [0.5, 0.6) is 0 Å². The molecule has 0 spiro atoms. The number of nitrogens with zero attached hydrogens (tertiary/aromatic N) is 3. The Balaban J connectivity index is 2.24. The largest absolute Gasteiger partial charge is 0.394 e. The topological polar surface area (TPSA) is 47.1 Å². The molecule has 1 aromatic heterocycles. The molecule has 1 fully saturated rings. The molecular formula is C10H18N4. The van der Waals surface area contributed by atoms with Crippen LogP contribution in [0.1, 0.15) is 26.2 Å². The summed E-state index contributed by atoms with van der Waals surface area (Å²) in [5.74, 6) is 0.958. The molecule has 2 N–H and O–H groups in total. The summed E-state index contributed by atoms with van der Waals surface area (Å²) in [6, 6.07) is 0.570. The summed E-state index contributed by atoms with van der Waals surface area (Å²) in [4.78, 5) is 2.32. The van der Waals surface area contributed by atoms with Gasteiger partial charge < -0.3 is 10.6 Å². The van der Waals surface area contributed by atoms with E-state index in [0.29, 0.717) is 6.04 Å². The number of anilines is 2. The van der Waals surface area contributed by atoms with Crippen LogP contribution in [0.2, 0.25) is 0 Å². The average Bonchev–Trinajstić information content (AvgIpc) is 2.46. The summed E-state index contributed by atoms with van der Waals surface area (Å²) >= 11 is 0. The minimum absolute atomic E-state index is 0.570. The number of nitrogen functional groups attached to an aromatic ring is 1. The molecule has 1 aliphatic rings. The van der Waals surface area contributed by atoms with E-state index in [4.69, 9.17) is 5.73 Å². The van der Waals surface area contributed by atoms with Crippen molar-refractivity contribution in [1.29, 1.82) is 0 Å². The van der Waals surface area contributed by atoms with Gasteiger partial charge in [-0.25, -0.2) is 0 Å². The second-order valence-electron chi connectivity index (χ2n) is 4.12. The monoisotopic (exact) mass is 194 g/mol. The van der Waals surface area contributed by atoms with E-state index in [0.717, 1.165) is 18.1 Å². The zero-order valence-corrected chi connectivity index (χ0v) is 8.90. The van der Waals surface area contributed by atoms with Crippen LogP contribution in [0.25, 0.3) is 0 Å². The van der Waals surface area contributed by atoms with E-state index >= 15 is 0 Å². The first kappa shape index (κ1) is 9.37. The van der Waals surface area contributed by atoms with Gasteiger partial charge in [-0.15, -0.1) is 0 Å². The summed E-state index contributed by atoms with van der Waals surface area (Å²) in [5.41, 5.74) is 6.70. The minimum atomic E-state index is 0.570. The average molecular weight is 194 g/mol. The molecule has 0 saturated carbocycles. The number of piperidine rings is 1. The fraction of sp³-hybridized carbons (Fsp3) is 0.700. The van der Waals surface area contributed by atoms with Crippen LogP contribution in [0.4, 0.5) is 11.5 Å². The molecule has 2 heterocycles. The predicted molar refractivity (Wildman–Crippen MR) is 58.3 cm³/mol. The number of nitrogens with two attached hydrogens (primary N) is 1. The van der Waals surface area contributed by atoms with Crippen LogP contribution in [-0.4, -0.2) is 22.4 Å². The minimum Gasteiger partial charge on any atom is -0.394 e. The molecule has 78 valence electrons. The number of hydrogen-bond acceptors (Lipinski definition) is 3. The van der Waals surface area contributed by atoms with Gasteiger partial charge in [-0.2, -0.15) is 5.10 Å². The van der Waals surface area contributed by atoms with E-state index in [1.807, 2.05) is 13.2 Å². The zero-order chi connectivity index (χ0) is 10.1. The maximum Gasteiger partial charge on any atom is 0.174 e. The third kappa shape index (κ3) is 1.56. The number of rotatable bonds is 1. The fourth-order valence-electron chi connectivity index (χ4n) is 2.13. The van der Waals surface area contributed by atoms with Gasteiger partial charge in [-0.1, -0.05) is 0 Å². The standard InChI is InChI=1S/C10H18N4/c1-8-5-3-4-6-14(8)10-9(11)7-13(2)12-10/h7-8H,3-6,11H2,1-2H3. The summed E-state index contributed by atoms with van der Waals surface area (Å²) in [6.45, 7) is 3.33. The van der Waals surface area contributed by atoms with Crippen LogP contribution in [0, 0.1) is 0 Å². The lowest BCUT2D eigenvalue weighted by Gasteiger charge is -2.33. The maximum absolute atomic E-state index is 5.91. The Morgan fingerprint density at radius 2 is 2.29 bits per heavy atom. The summed E-state index contributed by atoms with van der Waals surface area (Å²) in [5, 5.41) is 4.40. The first-order chi connectivity index (χ1) is 6.68. The first-order valence-corrected chi connectivity index (χ1v) is 5.24. The van der Waals surface area contributed by atoms with Crippen molar-refractivity contribution in [3.8, 4) is 0 Å². The molecule has 1 aliphatic heterocycles. The Kier molecular flexibility index (Phi) is 2.35. The molecular weight excluding hydrogens is 176 g/mol. The van der Waals surface area contributed by atoms with Crippen LogP contribution < -0.4 is 10.6 Å². The molecule has 1 saturated heterocycles. The number of hydrogen-bond donors (Lipinski definition) is 1. The highest BCUT2D eigenvalue weighted by atomic mass is 15.4. The lowest BCUT2D eigenvalue weighted by atomic mass is 10.0. The highest BCUT2D eigenvalue weighted by molar-refractivity contribution is 5.62. The van der Waals surface area contributed by atoms with E-state index in [9.17, 15) is 0 Å². The van der Waals surface area contributed by atoms with Crippen LogP contribution >= 0.6 is 0 Å². The molecule has 4 heteroatoms. The van der Waals surface area contributed by atoms with Crippen molar-refractivity contribution in [3.05, 3.63) is 6.20 Å². The van der Waals surface area contributed by atoms with Crippen molar-refractivity contribution < 1.29 is 0 Å². The molecule has 4 nitrogen and oxygen atoms in total. The Morgan fingerprint density at radius 1 is 1.50 bits per heavy atom. The molecule has 0 aromatic carbocycles. The van der Waals surface area contributed by atoms with Crippen molar-refractivity contribution in [1.82, 2.24) is 9.78 Å². The number of aryl methyl sites for hydroxylation is 1. The molecule has 0 bridgehead atoms. The van der Waals surface area contributed by atoms with Gasteiger partial charge in [0.25, 0.3) is 0 Å². The quantitative estimate of drug-likeness (QED) is 0.734. The zero-order valence-electron chi connectivity index (χ0n) is 8.90. The van der Waals surface area contributed by atoms with Crippen LogP contribution in [0.15, 0.2) is 6.20 Å². The predicted octanol–water partition coefficient (Wildman–Crippen LogP) is 1.38. The Labute approximate surface area is 84.7 Å². The molecule has 14 heavy (non-hydrogen) atoms. The molecule has 2 rings (SSSR count). The molecule has 0 radical (unpaired) electrons. The van der Waals surface area contributed by atoms with E-state index in [-0.39, 0.29) is 0 Å². The number of aromatic nitrogens is 2. The summed E-state index contributed by atoms with van der Waals surface area (Å²) in [7, 11) is 1.91.